The Morgan fingerprint density at radius 1 is 1.31 bits per heavy atom. The number of hydrogen-bond donors (Lipinski definition) is 2. The fourth-order valence-corrected chi connectivity index (χ4v) is 4.54. The van der Waals surface area contributed by atoms with E-state index in [4.69, 9.17) is 4.42 Å². The van der Waals surface area contributed by atoms with Crippen LogP contribution in [0, 0.1) is 5.92 Å². The summed E-state index contributed by atoms with van der Waals surface area (Å²) in [6.07, 6.45) is 2.15. The minimum Gasteiger partial charge on any atom is -0.458 e. The Labute approximate surface area is 193 Å². The van der Waals surface area contributed by atoms with E-state index in [1.54, 1.807) is 34.2 Å². The molecule has 8 nitrogen and oxygen atoms in total. The number of rotatable bonds is 7. The summed E-state index contributed by atoms with van der Waals surface area (Å²) in [5.41, 5.74) is 1.40. The molecule has 2 aromatic heterocycles. The Balaban J connectivity index is 1.38. The van der Waals surface area contributed by atoms with Gasteiger partial charge in [-0.25, -0.2) is 4.98 Å². The molecule has 1 aliphatic heterocycles. The van der Waals surface area contributed by atoms with Crippen LogP contribution in [0.1, 0.15) is 19.1 Å². The van der Waals surface area contributed by atoms with Crippen LogP contribution in [0.2, 0.25) is 0 Å². The maximum atomic E-state index is 12.8. The Morgan fingerprint density at radius 3 is 2.94 bits per heavy atom. The van der Waals surface area contributed by atoms with Crippen molar-refractivity contribution in [3.8, 4) is 11.5 Å². The van der Waals surface area contributed by atoms with E-state index >= 15 is 0 Å². The molecule has 0 aliphatic carbocycles. The lowest BCUT2D eigenvalue weighted by atomic mass is 10.1. The number of thiazole rings is 1. The molecular weight excluding hydrogens is 448 g/mol. The van der Waals surface area contributed by atoms with Crippen LogP contribution in [-0.2, 0) is 20.9 Å². The number of nitrogens with zero attached hydrogens (tertiary/aromatic N) is 2. The first-order valence-electron chi connectivity index (χ1n) is 9.97. The van der Waals surface area contributed by atoms with Gasteiger partial charge in [-0.15, -0.1) is 23.1 Å². The van der Waals surface area contributed by atoms with Crippen molar-refractivity contribution >= 4 is 51.6 Å². The van der Waals surface area contributed by atoms with Crippen molar-refractivity contribution in [3.05, 3.63) is 47.5 Å². The molecule has 1 atom stereocenters. The van der Waals surface area contributed by atoms with E-state index < -0.39 is 5.92 Å². The van der Waals surface area contributed by atoms with Gasteiger partial charge in [0, 0.05) is 35.9 Å². The second-order valence-electron chi connectivity index (χ2n) is 7.31. The third-order valence-corrected chi connectivity index (χ3v) is 6.50. The standard InChI is InChI=1S/C22H22N4O4S2/c1-13(27)23-10-16-6-7-19(30-16)18-12-32-22(24-18)25-21(29)14-8-20(28)26(11-14)15-4-3-5-17(9-15)31-2/h3-7,9,12,14H,8,10-11H2,1-2H3,(H,23,27)(H,24,25,29). The molecule has 3 heterocycles. The molecular formula is C22H22N4O4S2. The third-order valence-electron chi connectivity index (χ3n) is 5.02. The number of aromatic nitrogens is 1. The second kappa shape index (κ2) is 9.58. The molecule has 1 saturated heterocycles. The number of amides is 3. The van der Waals surface area contributed by atoms with E-state index in [1.165, 1.54) is 18.3 Å². The fraction of sp³-hybridized carbons (Fsp3) is 0.273. The second-order valence-corrected chi connectivity index (χ2v) is 9.05. The molecule has 2 N–H and O–H groups in total. The number of thioether (sulfide) groups is 1. The van der Waals surface area contributed by atoms with Gasteiger partial charge in [0.05, 0.1) is 12.5 Å². The summed E-state index contributed by atoms with van der Waals surface area (Å²) in [7, 11) is 0. The number of hydrogen-bond acceptors (Lipinski definition) is 7. The van der Waals surface area contributed by atoms with Gasteiger partial charge in [-0.05, 0) is 36.6 Å². The molecule has 0 bridgehead atoms. The summed E-state index contributed by atoms with van der Waals surface area (Å²) in [5, 5.41) is 7.73. The summed E-state index contributed by atoms with van der Waals surface area (Å²) in [6, 6.07) is 11.3. The zero-order chi connectivity index (χ0) is 22.7. The lowest BCUT2D eigenvalue weighted by Crippen LogP contribution is -2.28. The van der Waals surface area contributed by atoms with Crippen molar-refractivity contribution in [2.75, 3.05) is 23.0 Å². The van der Waals surface area contributed by atoms with Crippen LogP contribution in [-0.4, -0.2) is 35.5 Å². The van der Waals surface area contributed by atoms with Crippen LogP contribution in [0.25, 0.3) is 11.5 Å². The van der Waals surface area contributed by atoms with Crippen LogP contribution in [0.3, 0.4) is 0 Å². The van der Waals surface area contributed by atoms with E-state index in [0.717, 1.165) is 10.6 Å². The van der Waals surface area contributed by atoms with E-state index in [1.807, 2.05) is 30.5 Å². The molecule has 0 spiro atoms. The molecule has 3 aromatic rings. The molecule has 3 amide bonds. The zero-order valence-corrected chi connectivity index (χ0v) is 19.2. The van der Waals surface area contributed by atoms with Crippen LogP contribution >= 0.6 is 23.1 Å². The SMILES string of the molecule is CSc1cccc(N2CC(C(=O)Nc3nc(-c4ccc(CNC(C)=O)o4)cs3)CC2=O)c1. The summed E-state index contributed by atoms with van der Waals surface area (Å²) >= 11 is 2.90. The predicted molar refractivity (Wildman–Crippen MR) is 125 cm³/mol. The first-order chi connectivity index (χ1) is 15.4. The van der Waals surface area contributed by atoms with Crippen molar-refractivity contribution in [1.82, 2.24) is 10.3 Å². The van der Waals surface area contributed by atoms with Crippen molar-refractivity contribution in [2.45, 2.75) is 24.8 Å². The van der Waals surface area contributed by atoms with Gasteiger partial charge in [0.15, 0.2) is 10.9 Å². The molecule has 0 radical (unpaired) electrons. The topological polar surface area (TPSA) is 105 Å². The van der Waals surface area contributed by atoms with Crippen LogP contribution in [0.15, 0.2) is 51.1 Å². The van der Waals surface area contributed by atoms with E-state index in [-0.39, 0.29) is 24.1 Å². The highest BCUT2D eigenvalue weighted by Gasteiger charge is 2.35. The normalized spacial score (nSPS) is 15.8. The van der Waals surface area contributed by atoms with Crippen molar-refractivity contribution < 1.29 is 18.8 Å². The number of carbonyl (C=O) groups excluding carboxylic acids is 3. The lowest BCUT2D eigenvalue weighted by molar-refractivity contribution is -0.122. The number of carbonyl (C=O) groups is 3. The number of benzene rings is 1. The average Bonchev–Trinajstić information content (AvgIpc) is 3.52. The molecule has 1 aliphatic rings. The molecule has 1 fully saturated rings. The summed E-state index contributed by atoms with van der Waals surface area (Å²) < 4.78 is 5.70. The first kappa shape index (κ1) is 22.1. The maximum absolute atomic E-state index is 12.8. The highest BCUT2D eigenvalue weighted by molar-refractivity contribution is 7.98. The quantitative estimate of drug-likeness (QED) is 0.510. The van der Waals surface area contributed by atoms with Gasteiger partial charge >= 0.3 is 0 Å². The Bertz CT molecular complexity index is 1160. The Kier molecular flexibility index (Phi) is 6.61. The molecule has 32 heavy (non-hydrogen) atoms. The molecule has 1 unspecified atom stereocenters. The molecule has 10 heteroatoms. The number of furan rings is 1. The van der Waals surface area contributed by atoms with E-state index in [2.05, 4.69) is 15.6 Å². The summed E-state index contributed by atoms with van der Waals surface area (Å²) in [6.45, 7) is 2.08. The Morgan fingerprint density at radius 2 is 2.16 bits per heavy atom. The molecule has 4 rings (SSSR count). The predicted octanol–water partition coefficient (Wildman–Crippen LogP) is 3.75. The smallest absolute Gasteiger partial charge is 0.231 e. The minimum absolute atomic E-state index is 0.0643. The highest BCUT2D eigenvalue weighted by atomic mass is 32.2. The van der Waals surface area contributed by atoms with E-state index in [9.17, 15) is 14.4 Å². The van der Waals surface area contributed by atoms with Gasteiger partial charge in [0.25, 0.3) is 0 Å². The van der Waals surface area contributed by atoms with Gasteiger partial charge in [0.2, 0.25) is 17.7 Å². The monoisotopic (exact) mass is 470 g/mol. The van der Waals surface area contributed by atoms with Crippen molar-refractivity contribution in [3.63, 3.8) is 0 Å². The fourth-order valence-electron chi connectivity index (χ4n) is 3.39. The summed E-state index contributed by atoms with van der Waals surface area (Å²) in [5.74, 6) is 0.296. The summed E-state index contributed by atoms with van der Waals surface area (Å²) in [4.78, 5) is 43.5. The van der Waals surface area contributed by atoms with Gasteiger partial charge in [-0.1, -0.05) is 6.07 Å². The van der Waals surface area contributed by atoms with Crippen LogP contribution in [0.5, 0.6) is 0 Å². The number of anilines is 2. The Hall–Kier alpha value is -3.11. The average molecular weight is 471 g/mol. The van der Waals surface area contributed by atoms with Crippen molar-refractivity contribution in [2.24, 2.45) is 5.92 Å². The number of nitrogens with one attached hydrogen (secondary N) is 2. The minimum atomic E-state index is -0.444. The maximum Gasteiger partial charge on any atom is 0.231 e. The zero-order valence-electron chi connectivity index (χ0n) is 17.6. The van der Waals surface area contributed by atoms with Crippen molar-refractivity contribution in [1.29, 1.82) is 0 Å². The highest BCUT2D eigenvalue weighted by Crippen LogP contribution is 2.30. The van der Waals surface area contributed by atoms with Gasteiger partial charge < -0.3 is 20.0 Å². The van der Waals surface area contributed by atoms with Gasteiger partial charge in [-0.2, -0.15) is 0 Å². The lowest BCUT2D eigenvalue weighted by Gasteiger charge is -2.17. The van der Waals surface area contributed by atoms with Gasteiger partial charge in [0.1, 0.15) is 11.5 Å². The van der Waals surface area contributed by atoms with Gasteiger partial charge in [-0.3, -0.25) is 14.4 Å². The molecule has 1 aromatic carbocycles. The largest absolute Gasteiger partial charge is 0.458 e. The molecule has 166 valence electrons. The first-order valence-corrected chi connectivity index (χ1v) is 12.1. The van der Waals surface area contributed by atoms with Crippen LogP contribution in [0.4, 0.5) is 10.8 Å². The van der Waals surface area contributed by atoms with E-state index in [0.29, 0.717) is 35.4 Å². The van der Waals surface area contributed by atoms with Crippen LogP contribution < -0.4 is 15.5 Å². The molecule has 0 saturated carbocycles. The third kappa shape index (κ3) is 5.03.